The van der Waals surface area contributed by atoms with Gasteiger partial charge in [-0.25, -0.2) is 13.1 Å². The summed E-state index contributed by atoms with van der Waals surface area (Å²) in [6, 6.07) is 0.124. The molecule has 1 N–H and O–H groups in total. The molecule has 20 heavy (non-hydrogen) atoms. The average molecular weight is 299 g/mol. The van der Waals surface area contributed by atoms with Crippen LogP contribution in [0.15, 0.2) is 16.3 Å². The van der Waals surface area contributed by atoms with Crippen molar-refractivity contribution >= 4 is 15.9 Å². The Morgan fingerprint density at radius 3 is 2.45 bits per heavy atom. The van der Waals surface area contributed by atoms with Gasteiger partial charge in [0.1, 0.15) is 5.84 Å². The molecule has 2 heterocycles. The molecule has 6 heteroatoms. The van der Waals surface area contributed by atoms with Gasteiger partial charge in [-0.2, -0.15) is 0 Å². The summed E-state index contributed by atoms with van der Waals surface area (Å²) in [5.41, 5.74) is 2.47. The molecule has 0 aliphatic carbocycles. The predicted octanol–water partition coefficient (Wildman–Crippen LogP) is 1.87. The van der Waals surface area contributed by atoms with Crippen LogP contribution in [0.4, 0.5) is 0 Å². The van der Waals surface area contributed by atoms with Crippen molar-refractivity contribution in [1.82, 2.24) is 9.62 Å². The quantitative estimate of drug-likeness (QED) is 0.847. The van der Waals surface area contributed by atoms with Crippen LogP contribution in [-0.4, -0.2) is 42.5 Å². The van der Waals surface area contributed by atoms with Crippen molar-refractivity contribution in [2.75, 3.05) is 6.54 Å². The molecule has 0 aromatic heterocycles. The van der Waals surface area contributed by atoms with Crippen LogP contribution in [0, 0.1) is 0 Å². The third-order valence-corrected chi connectivity index (χ3v) is 6.41. The Hall–Kier alpha value is -0.880. The zero-order valence-corrected chi connectivity index (χ0v) is 14.0. The molecule has 2 rings (SSSR count). The molecule has 0 radical (unpaired) electrons. The Kier molecular flexibility index (Phi) is 3.75. The number of sulfonamides is 1. The highest BCUT2D eigenvalue weighted by Crippen LogP contribution is 2.31. The van der Waals surface area contributed by atoms with Crippen molar-refractivity contribution in [2.24, 2.45) is 4.99 Å². The second-order valence-corrected chi connectivity index (χ2v) is 9.19. The van der Waals surface area contributed by atoms with E-state index in [1.807, 2.05) is 6.92 Å². The van der Waals surface area contributed by atoms with Gasteiger partial charge in [-0.15, -0.1) is 0 Å². The summed E-state index contributed by atoms with van der Waals surface area (Å²) in [5.74, 6) is 0.982. The molecule has 2 aliphatic rings. The summed E-state index contributed by atoms with van der Waals surface area (Å²) in [7, 11) is -3.31. The van der Waals surface area contributed by atoms with Crippen LogP contribution < -0.4 is 4.72 Å². The summed E-state index contributed by atoms with van der Waals surface area (Å²) < 4.78 is 26.6. The number of nitrogens with one attached hydrogen (secondary N) is 1. The Morgan fingerprint density at radius 1 is 1.30 bits per heavy atom. The molecule has 2 atom stereocenters. The van der Waals surface area contributed by atoms with E-state index in [1.54, 1.807) is 20.8 Å². The van der Waals surface area contributed by atoms with E-state index in [1.165, 1.54) is 11.3 Å². The monoisotopic (exact) mass is 299 g/mol. The Balaban J connectivity index is 2.20. The number of hydrogen-bond acceptors (Lipinski definition) is 4. The number of amidine groups is 1. The van der Waals surface area contributed by atoms with Gasteiger partial charge < -0.3 is 4.90 Å². The number of rotatable bonds is 2. The average Bonchev–Trinajstić information content (AvgIpc) is 2.68. The zero-order valence-electron chi connectivity index (χ0n) is 13.2. The van der Waals surface area contributed by atoms with Crippen LogP contribution in [-0.2, 0) is 10.0 Å². The highest BCUT2D eigenvalue weighted by atomic mass is 32.2. The highest BCUT2D eigenvalue weighted by Gasteiger charge is 2.38. The lowest BCUT2D eigenvalue weighted by Crippen LogP contribution is -2.46. The molecule has 0 saturated carbocycles. The van der Waals surface area contributed by atoms with E-state index in [0.717, 1.165) is 12.3 Å². The van der Waals surface area contributed by atoms with Gasteiger partial charge in [-0.05, 0) is 47.1 Å². The fourth-order valence-corrected chi connectivity index (χ4v) is 3.55. The first-order valence-electron chi connectivity index (χ1n) is 7.06. The fraction of sp³-hybridized carbons (Fsp3) is 0.786. The summed E-state index contributed by atoms with van der Waals surface area (Å²) >= 11 is 0. The van der Waals surface area contributed by atoms with E-state index in [4.69, 9.17) is 0 Å². The van der Waals surface area contributed by atoms with Gasteiger partial charge in [0, 0.05) is 24.7 Å². The molecule has 0 spiro atoms. The van der Waals surface area contributed by atoms with Crippen LogP contribution >= 0.6 is 0 Å². The molecule has 0 bridgehead atoms. The van der Waals surface area contributed by atoms with E-state index in [-0.39, 0.29) is 12.1 Å². The SMILES string of the molecule is CC1=NC(C)C(C)=C2CC(NS(=O)(=O)C(C)(C)C)CN12. The summed E-state index contributed by atoms with van der Waals surface area (Å²) in [4.78, 5) is 6.74. The smallest absolute Gasteiger partial charge is 0.216 e. The zero-order chi connectivity index (χ0) is 15.3. The Labute approximate surface area is 122 Å². The molecular formula is C14H25N3O2S. The van der Waals surface area contributed by atoms with E-state index in [9.17, 15) is 8.42 Å². The van der Waals surface area contributed by atoms with Gasteiger partial charge in [0.15, 0.2) is 0 Å². The predicted molar refractivity (Wildman–Crippen MR) is 82.2 cm³/mol. The lowest BCUT2D eigenvalue weighted by atomic mass is 10.0. The van der Waals surface area contributed by atoms with Crippen LogP contribution in [0.2, 0.25) is 0 Å². The van der Waals surface area contributed by atoms with Crippen LogP contribution in [0.3, 0.4) is 0 Å². The molecule has 0 aromatic carbocycles. The molecule has 114 valence electrons. The lowest BCUT2D eigenvalue weighted by molar-refractivity contribution is 0.498. The molecule has 2 aliphatic heterocycles. The van der Waals surface area contributed by atoms with Gasteiger partial charge >= 0.3 is 0 Å². The lowest BCUT2D eigenvalue weighted by Gasteiger charge is -2.28. The summed E-state index contributed by atoms with van der Waals surface area (Å²) in [6.07, 6.45) is 0.748. The number of hydrogen-bond donors (Lipinski definition) is 1. The van der Waals surface area contributed by atoms with Crippen LogP contribution in [0.5, 0.6) is 0 Å². The maximum atomic E-state index is 12.3. The maximum absolute atomic E-state index is 12.3. The van der Waals surface area contributed by atoms with Crippen molar-refractivity contribution in [3.05, 3.63) is 11.3 Å². The maximum Gasteiger partial charge on any atom is 0.216 e. The number of nitrogens with zero attached hydrogens (tertiary/aromatic N) is 2. The molecule has 0 aromatic rings. The fourth-order valence-electron chi connectivity index (χ4n) is 2.60. The molecule has 1 saturated heterocycles. The topological polar surface area (TPSA) is 61.8 Å². The second-order valence-electron chi connectivity index (χ2n) is 6.73. The second kappa shape index (κ2) is 4.84. The van der Waals surface area contributed by atoms with Gasteiger partial charge in [0.2, 0.25) is 10.0 Å². The summed E-state index contributed by atoms with van der Waals surface area (Å²) in [5, 5.41) is 0. The van der Waals surface area contributed by atoms with Crippen LogP contribution in [0.25, 0.3) is 0 Å². The van der Waals surface area contributed by atoms with Gasteiger partial charge in [0.05, 0.1) is 10.8 Å². The third kappa shape index (κ3) is 2.63. The number of fused-ring (bicyclic) bond motifs is 1. The normalized spacial score (nSPS) is 27.7. The largest absolute Gasteiger partial charge is 0.332 e. The molecule has 5 nitrogen and oxygen atoms in total. The minimum Gasteiger partial charge on any atom is -0.332 e. The third-order valence-electron chi connectivity index (χ3n) is 4.15. The minimum absolute atomic E-state index is 0.0698. The van der Waals surface area contributed by atoms with Gasteiger partial charge in [-0.3, -0.25) is 4.99 Å². The minimum atomic E-state index is -3.31. The van der Waals surface area contributed by atoms with E-state index in [0.29, 0.717) is 6.54 Å². The van der Waals surface area contributed by atoms with Gasteiger partial charge in [-0.1, -0.05) is 0 Å². The molecule has 0 amide bonds. The standard InChI is InChI=1S/C14H25N3O2S/c1-9-10(2)15-11(3)17-8-12(7-13(9)17)16-20(18,19)14(4,5)6/h10,12,16H,7-8H2,1-6H3. The first kappa shape index (κ1) is 15.5. The van der Waals surface area contributed by atoms with Crippen LogP contribution in [0.1, 0.15) is 48.0 Å². The Morgan fingerprint density at radius 2 is 1.90 bits per heavy atom. The molecule has 1 fully saturated rings. The molecule has 2 unspecified atom stereocenters. The summed E-state index contributed by atoms with van der Waals surface area (Å²) in [6.45, 7) is 12.0. The van der Waals surface area contributed by atoms with E-state index in [2.05, 4.69) is 28.5 Å². The first-order chi connectivity index (χ1) is 9.03. The van der Waals surface area contributed by atoms with Gasteiger partial charge in [0.25, 0.3) is 0 Å². The van der Waals surface area contributed by atoms with E-state index < -0.39 is 14.8 Å². The van der Waals surface area contributed by atoms with Crippen molar-refractivity contribution in [3.8, 4) is 0 Å². The van der Waals surface area contributed by atoms with Crippen molar-refractivity contribution in [1.29, 1.82) is 0 Å². The molecular weight excluding hydrogens is 274 g/mol. The first-order valence-corrected chi connectivity index (χ1v) is 8.54. The highest BCUT2D eigenvalue weighted by molar-refractivity contribution is 7.90. The van der Waals surface area contributed by atoms with E-state index >= 15 is 0 Å². The Bertz CT molecular complexity index is 570. The van der Waals surface area contributed by atoms with Crippen molar-refractivity contribution in [2.45, 2.75) is 64.8 Å². The van der Waals surface area contributed by atoms with Crippen molar-refractivity contribution in [3.63, 3.8) is 0 Å². The number of aliphatic imine (C=N–C) groups is 1. The van der Waals surface area contributed by atoms with Crippen molar-refractivity contribution < 1.29 is 8.42 Å².